The molecule has 0 aliphatic carbocycles. The van der Waals surface area contributed by atoms with Crippen molar-refractivity contribution < 1.29 is 22.7 Å². The number of aromatic amines is 1. The van der Waals surface area contributed by atoms with Crippen LogP contribution in [0.1, 0.15) is 23.0 Å². The number of hydrogen-bond acceptors (Lipinski definition) is 3. The lowest BCUT2D eigenvalue weighted by molar-refractivity contribution is -0.137. The molecule has 1 aromatic heterocycles. The van der Waals surface area contributed by atoms with Gasteiger partial charge in [-0.15, -0.1) is 0 Å². The fourth-order valence-corrected chi connectivity index (χ4v) is 2.62. The average molecular weight is 395 g/mol. The number of benzene rings is 2. The summed E-state index contributed by atoms with van der Waals surface area (Å²) in [4.78, 5) is 19.5. The van der Waals surface area contributed by atoms with E-state index in [-0.39, 0.29) is 18.1 Å². The lowest BCUT2D eigenvalue weighted by atomic mass is 10.1. The van der Waals surface area contributed by atoms with Crippen LogP contribution >= 0.6 is 11.6 Å². The zero-order valence-electron chi connectivity index (χ0n) is 14.1. The molecular weight excluding hydrogens is 381 g/mol. The normalized spacial score (nSPS) is 11.4. The number of esters is 1. The van der Waals surface area contributed by atoms with Gasteiger partial charge in [0.2, 0.25) is 0 Å². The predicted octanol–water partition coefficient (Wildman–Crippen LogP) is 5.59. The number of carbonyl (C=O) groups excluding carboxylic acids is 1. The number of aromatic nitrogens is 2. The summed E-state index contributed by atoms with van der Waals surface area (Å²) in [5.74, 6) is -0.343. The highest BCUT2D eigenvalue weighted by Gasteiger charge is 2.30. The first kappa shape index (κ1) is 19.0. The molecule has 0 amide bonds. The van der Waals surface area contributed by atoms with E-state index in [1.807, 2.05) is 0 Å². The molecule has 0 spiro atoms. The summed E-state index contributed by atoms with van der Waals surface area (Å²) < 4.78 is 43.3. The van der Waals surface area contributed by atoms with E-state index >= 15 is 0 Å². The Balaban J connectivity index is 2.05. The fraction of sp³-hybridized carbons (Fsp3) is 0.158. The number of alkyl halides is 3. The molecule has 0 aliphatic heterocycles. The number of halogens is 4. The van der Waals surface area contributed by atoms with Gasteiger partial charge in [-0.1, -0.05) is 35.9 Å². The first-order valence-electron chi connectivity index (χ1n) is 8.00. The van der Waals surface area contributed by atoms with Crippen molar-refractivity contribution in [1.82, 2.24) is 9.97 Å². The van der Waals surface area contributed by atoms with Crippen LogP contribution in [0.15, 0.2) is 48.5 Å². The van der Waals surface area contributed by atoms with E-state index in [9.17, 15) is 18.0 Å². The van der Waals surface area contributed by atoms with E-state index in [1.165, 1.54) is 12.1 Å². The van der Waals surface area contributed by atoms with Gasteiger partial charge in [0.15, 0.2) is 5.69 Å². The van der Waals surface area contributed by atoms with Crippen molar-refractivity contribution in [2.45, 2.75) is 13.1 Å². The summed E-state index contributed by atoms with van der Waals surface area (Å²) in [6.45, 7) is 1.85. The second-order valence-electron chi connectivity index (χ2n) is 5.61. The van der Waals surface area contributed by atoms with Crippen LogP contribution in [0.2, 0.25) is 5.02 Å². The second kappa shape index (κ2) is 7.44. The van der Waals surface area contributed by atoms with Crippen LogP contribution in [0.3, 0.4) is 0 Å². The lowest BCUT2D eigenvalue weighted by Gasteiger charge is -2.06. The Kier molecular flexibility index (Phi) is 5.23. The third kappa shape index (κ3) is 4.14. The number of carbonyl (C=O) groups is 1. The predicted molar refractivity (Wildman–Crippen MR) is 95.4 cm³/mol. The Morgan fingerprint density at radius 3 is 2.22 bits per heavy atom. The highest BCUT2D eigenvalue weighted by atomic mass is 35.5. The maximum atomic E-state index is 12.7. The number of ether oxygens (including phenoxy) is 1. The van der Waals surface area contributed by atoms with E-state index in [0.29, 0.717) is 21.8 Å². The monoisotopic (exact) mass is 394 g/mol. The van der Waals surface area contributed by atoms with Crippen molar-refractivity contribution in [3.05, 3.63) is 64.8 Å². The largest absolute Gasteiger partial charge is 0.461 e. The summed E-state index contributed by atoms with van der Waals surface area (Å²) >= 11 is 5.89. The van der Waals surface area contributed by atoms with Crippen molar-refractivity contribution in [3.63, 3.8) is 0 Å². The van der Waals surface area contributed by atoms with Crippen LogP contribution in [-0.4, -0.2) is 22.5 Å². The molecule has 0 saturated carbocycles. The first-order chi connectivity index (χ1) is 12.8. The fourth-order valence-electron chi connectivity index (χ4n) is 2.49. The van der Waals surface area contributed by atoms with Gasteiger partial charge < -0.3 is 9.72 Å². The smallest absolute Gasteiger partial charge is 0.416 e. The van der Waals surface area contributed by atoms with Gasteiger partial charge in [-0.3, -0.25) is 0 Å². The van der Waals surface area contributed by atoms with Gasteiger partial charge in [0.25, 0.3) is 0 Å². The molecule has 0 radical (unpaired) electrons. The Morgan fingerprint density at radius 2 is 1.67 bits per heavy atom. The van der Waals surface area contributed by atoms with Gasteiger partial charge in [-0.2, -0.15) is 13.2 Å². The third-order valence-electron chi connectivity index (χ3n) is 3.79. The van der Waals surface area contributed by atoms with Gasteiger partial charge >= 0.3 is 12.1 Å². The Hall–Kier alpha value is -2.80. The van der Waals surface area contributed by atoms with E-state index in [0.717, 1.165) is 12.1 Å². The second-order valence-corrected chi connectivity index (χ2v) is 6.05. The number of imidazole rings is 1. The van der Waals surface area contributed by atoms with E-state index in [4.69, 9.17) is 16.3 Å². The number of hydrogen-bond donors (Lipinski definition) is 1. The molecule has 4 nitrogen and oxygen atoms in total. The summed E-state index contributed by atoms with van der Waals surface area (Å²) in [6, 6.07) is 11.2. The average Bonchev–Trinajstić information content (AvgIpc) is 3.07. The van der Waals surface area contributed by atoms with Gasteiger partial charge in [0, 0.05) is 16.1 Å². The van der Waals surface area contributed by atoms with Crippen molar-refractivity contribution in [2.75, 3.05) is 6.61 Å². The minimum atomic E-state index is -4.42. The van der Waals surface area contributed by atoms with Gasteiger partial charge in [-0.25, -0.2) is 9.78 Å². The quantitative estimate of drug-likeness (QED) is 0.586. The van der Waals surface area contributed by atoms with E-state index in [2.05, 4.69) is 9.97 Å². The molecule has 140 valence electrons. The van der Waals surface area contributed by atoms with Crippen molar-refractivity contribution in [2.24, 2.45) is 0 Å². The molecule has 3 rings (SSSR count). The van der Waals surface area contributed by atoms with Crippen LogP contribution in [-0.2, 0) is 10.9 Å². The van der Waals surface area contributed by atoms with Crippen molar-refractivity contribution in [3.8, 4) is 22.6 Å². The van der Waals surface area contributed by atoms with E-state index in [1.54, 1.807) is 31.2 Å². The summed E-state index contributed by atoms with van der Waals surface area (Å²) in [5, 5.41) is 0.523. The first-order valence-corrected chi connectivity index (χ1v) is 8.38. The molecule has 0 aliphatic rings. The summed E-state index contributed by atoms with van der Waals surface area (Å²) in [7, 11) is 0. The summed E-state index contributed by atoms with van der Waals surface area (Å²) in [6.07, 6.45) is -4.42. The molecule has 0 atom stereocenters. The molecule has 2 aromatic carbocycles. The van der Waals surface area contributed by atoms with Crippen LogP contribution in [0.5, 0.6) is 0 Å². The molecule has 27 heavy (non-hydrogen) atoms. The highest BCUT2D eigenvalue weighted by Crippen LogP contribution is 2.32. The van der Waals surface area contributed by atoms with Gasteiger partial charge in [0.1, 0.15) is 11.5 Å². The van der Waals surface area contributed by atoms with Gasteiger partial charge in [0.05, 0.1) is 12.2 Å². The van der Waals surface area contributed by atoms with Crippen LogP contribution in [0.25, 0.3) is 22.6 Å². The Morgan fingerprint density at radius 1 is 1.07 bits per heavy atom. The van der Waals surface area contributed by atoms with E-state index < -0.39 is 17.7 Å². The topological polar surface area (TPSA) is 55.0 Å². The molecule has 3 aromatic rings. The SMILES string of the molecule is CCOC(=O)c1[nH]c(-c2ccc(C(F)(F)F)cc2)nc1-c1ccc(Cl)cc1. The van der Waals surface area contributed by atoms with Crippen LogP contribution < -0.4 is 0 Å². The molecule has 0 fully saturated rings. The maximum Gasteiger partial charge on any atom is 0.416 e. The Labute approximate surface area is 158 Å². The minimum absolute atomic E-state index is 0.120. The number of rotatable bonds is 4. The number of H-pyrrole nitrogens is 1. The Bertz CT molecular complexity index is 949. The minimum Gasteiger partial charge on any atom is -0.461 e. The molecule has 0 unspecified atom stereocenters. The maximum absolute atomic E-state index is 12.7. The molecule has 0 bridgehead atoms. The van der Waals surface area contributed by atoms with Crippen molar-refractivity contribution in [1.29, 1.82) is 0 Å². The standard InChI is InChI=1S/C19H14ClF3N2O2/c1-2-27-18(26)16-15(11-5-9-14(20)10-6-11)24-17(25-16)12-3-7-13(8-4-12)19(21,22)23/h3-10H,2H2,1H3,(H,24,25). The molecule has 8 heteroatoms. The zero-order valence-corrected chi connectivity index (χ0v) is 14.9. The third-order valence-corrected chi connectivity index (χ3v) is 4.04. The van der Waals surface area contributed by atoms with Gasteiger partial charge in [-0.05, 0) is 31.2 Å². The van der Waals surface area contributed by atoms with Crippen LogP contribution in [0.4, 0.5) is 13.2 Å². The molecule has 0 saturated heterocycles. The number of nitrogens with one attached hydrogen (secondary N) is 1. The molecular formula is C19H14ClF3N2O2. The summed E-state index contributed by atoms with van der Waals surface area (Å²) in [5.41, 5.74) is 0.723. The van der Waals surface area contributed by atoms with Crippen LogP contribution in [0, 0.1) is 0 Å². The van der Waals surface area contributed by atoms with Crippen molar-refractivity contribution >= 4 is 17.6 Å². The zero-order chi connectivity index (χ0) is 19.6. The molecule has 1 heterocycles. The molecule has 1 N–H and O–H groups in total. The number of nitrogens with zero attached hydrogens (tertiary/aromatic N) is 1. The lowest BCUT2D eigenvalue weighted by Crippen LogP contribution is -2.06. The highest BCUT2D eigenvalue weighted by molar-refractivity contribution is 6.30.